The summed E-state index contributed by atoms with van der Waals surface area (Å²) in [6.07, 6.45) is 4.70. The number of carbonyl (C=O) groups is 2. The summed E-state index contributed by atoms with van der Waals surface area (Å²) in [6, 6.07) is 9.63. The fraction of sp³-hybridized carbons (Fsp3) is 0.0556. The predicted molar refractivity (Wildman–Crippen MR) is 91.9 cm³/mol. The van der Waals surface area contributed by atoms with E-state index in [0.29, 0.717) is 16.9 Å². The molecule has 0 radical (unpaired) electrons. The number of phenolic OH excluding ortho intramolecular Hbond substituents is 1. The molecular weight excluding hydrogens is 306 g/mol. The summed E-state index contributed by atoms with van der Waals surface area (Å²) in [5.74, 6) is -0.222. The fourth-order valence-electron chi connectivity index (χ4n) is 2.22. The number of hydrogen-bond donors (Lipinski definition) is 3. The second-order valence-electron chi connectivity index (χ2n) is 5.33. The minimum atomic E-state index is -0.289. The minimum absolute atomic E-state index is 0.0385. The van der Waals surface area contributed by atoms with Crippen LogP contribution in [-0.4, -0.2) is 26.8 Å². The molecule has 0 spiro atoms. The molecule has 0 aliphatic rings. The summed E-state index contributed by atoms with van der Waals surface area (Å²) in [7, 11) is 0. The number of aromatic nitrogens is 2. The number of H-pyrrole nitrogens is 1. The highest BCUT2D eigenvalue weighted by atomic mass is 16.3. The number of ketones is 1. The van der Waals surface area contributed by atoms with Gasteiger partial charge in [-0.05, 0) is 55.5 Å². The van der Waals surface area contributed by atoms with E-state index in [4.69, 9.17) is 0 Å². The number of aromatic hydroxyl groups is 1. The molecule has 0 saturated heterocycles. The minimum Gasteiger partial charge on any atom is -0.508 e. The number of nitrogens with one attached hydrogen (secondary N) is 2. The number of nitrogens with zero attached hydrogens (tertiary/aromatic N) is 1. The van der Waals surface area contributed by atoms with Crippen molar-refractivity contribution in [2.75, 3.05) is 5.32 Å². The van der Waals surface area contributed by atoms with Crippen LogP contribution in [0.25, 0.3) is 17.1 Å². The van der Waals surface area contributed by atoms with E-state index >= 15 is 0 Å². The number of amides is 1. The predicted octanol–water partition coefficient (Wildman–Crippen LogP) is 3.12. The number of phenols is 1. The summed E-state index contributed by atoms with van der Waals surface area (Å²) in [5, 5.41) is 12.8. The van der Waals surface area contributed by atoms with Crippen molar-refractivity contribution in [2.45, 2.75) is 6.92 Å². The fourth-order valence-corrected chi connectivity index (χ4v) is 2.22. The van der Waals surface area contributed by atoms with Crippen molar-refractivity contribution >= 4 is 34.5 Å². The Kier molecular flexibility index (Phi) is 4.11. The quantitative estimate of drug-likeness (QED) is 0.643. The molecule has 3 rings (SSSR count). The second-order valence-corrected chi connectivity index (χ2v) is 5.33. The molecule has 2 aromatic heterocycles. The molecule has 1 amide bonds. The molecule has 0 saturated carbocycles. The third-order valence-corrected chi connectivity index (χ3v) is 3.38. The Labute approximate surface area is 137 Å². The molecular formula is C18H15N3O3. The molecule has 120 valence electrons. The van der Waals surface area contributed by atoms with Gasteiger partial charge in [-0.25, -0.2) is 4.98 Å². The van der Waals surface area contributed by atoms with E-state index in [-0.39, 0.29) is 17.4 Å². The third-order valence-electron chi connectivity index (χ3n) is 3.38. The van der Waals surface area contributed by atoms with Gasteiger partial charge in [0.2, 0.25) is 0 Å². The van der Waals surface area contributed by atoms with Gasteiger partial charge in [0, 0.05) is 16.6 Å². The molecule has 0 fully saturated rings. The van der Waals surface area contributed by atoms with Gasteiger partial charge >= 0.3 is 0 Å². The van der Waals surface area contributed by atoms with E-state index in [1.807, 2.05) is 6.07 Å². The molecule has 0 aliphatic carbocycles. The van der Waals surface area contributed by atoms with Gasteiger partial charge in [-0.1, -0.05) is 0 Å². The summed E-state index contributed by atoms with van der Waals surface area (Å²) in [4.78, 5) is 30.5. The van der Waals surface area contributed by atoms with Crippen LogP contribution < -0.4 is 5.32 Å². The molecule has 6 heteroatoms. The number of benzene rings is 1. The molecule has 3 aromatic rings. The smallest absolute Gasteiger partial charge is 0.255 e. The molecule has 1 aromatic carbocycles. The monoisotopic (exact) mass is 321 g/mol. The first-order valence-corrected chi connectivity index (χ1v) is 7.29. The summed E-state index contributed by atoms with van der Waals surface area (Å²) in [5.41, 5.74) is 2.42. The Hall–Kier alpha value is -3.41. The summed E-state index contributed by atoms with van der Waals surface area (Å²) >= 11 is 0. The first kappa shape index (κ1) is 15.5. The maximum atomic E-state index is 12.2. The molecule has 0 bridgehead atoms. The average molecular weight is 321 g/mol. The van der Waals surface area contributed by atoms with E-state index in [2.05, 4.69) is 15.3 Å². The van der Waals surface area contributed by atoms with E-state index in [1.165, 1.54) is 37.3 Å². The summed E-state index contributed by atoms with van der Waals surface area (Å²) in [6.45, 7) is 1.48. The number of fused-ring (bicyclic) bond motifs is 1. The van der Waals surface area contributed by atoms with Crippen LogP contribution in [0, 0.1) is 0 Å². The van der Waals surface area contributed by atoms with Gasteiger partial charge in [0.05, 0.1) is 11.9 Å². The van der Waals surface area contributed by atoms with Crippen molar-refractivity contribution in [3.63, 3.8) is 0 Å². The number of anilines is 1. The number of aromatic amines is 1. The summed E-state index contributed by atoms with van der Waals surface area (Å²) < 4.78 is 0. The van der Waals surface area contributed by atoms with Gasteiger partial charge in [0.25, 0.3) is 5.91 Å². The Balaban J connectivity index is 1.81. The number of pyridine rings is 1. The topological polar surface area (TPSA) is 95.1 Å². The van der Waals surface area contributed by atoms with E-state index in [9.17, 15) is 14.7 Å². The SMILES string of the molecule is CC(=O)/C=C/c1cc2cc(NC(=O)c3ccc(O)cc3)cnc2[nH]1. The van der Waals surface area contributed by atoms with Crippen LogP contribution in [0.4, 0.5) is 5.69 Å². The van der Waals surface area contributed by atoms with Crippen LogP contribution in [0.3, 0.4) is 0 Å². The largest absolute Gasteiger partial charge is 0.508 e. The highest BCUT2D eigenvalue weighted by Crippen LogP contribution is 2.19. The van der Waals surface area contributed by atoms with E-state index in [0.717, 1.165) is 11.1 Å². The molecule has 2 heterocycles. The standard InChI is InChI=1S/C18H15N3O3/c1-11(22)2-5-14-8-13-9-15(10-19-17(13)20-14)21-18(24)12-3-6-16(23)7-4-12/h2-10,23H,1H3,(H,19,20)(H,21,24)/b5-2+. The van der Waals surface area contributed by atoms with Crippen molar-refractivity contribution in [2.24, 2.45) is 0 Å². The molecule has 6 nitrogen and oxygen atoms in total. The zero-order valence-electron chi connectivity index (χ0n) is 12.9. The maximum Gasteiger partial charge on any atom is 0.255 e. The Morgan fingerprint density at radius 2 is 1.96 bits per heavy atom. The lowest BCUT2D eigenvalue weighted by atomic mass is 10.2. The van der Waals surface area contributed by atoms with Gasteiger partial charge < -0.3 is 15.4 Å². The van der Waals surface area contributed by atoms with Gasteiger partial charge in [-0.3, -0.25) is 9.59 Å². The first-order valence-electron chi connectivity index (χ1n) is 7.29. The Morgan fingerprint density at radius 1 is 1.21 bits per heavy atom. The molecule has 0 aliphatic heterocycles. The average Bonchev–Trinajstić information content (AvgIpc) is 2.95. The van der Waals surface area contributed by atoms with Crippen molar-refractivity contribution in [1.29, 1.82) is 0 Å². The number of hydrogen-bond acceptors (Lipinski definition) is 4. The van der Waals surface area contributed by atoms with Crippen molar-refractivity contribution < 1.29 is 14.7 Å². The molecule has 24 heavy (non-hydrogen) atoms. The first-order chi connectivity index (χ1) is 11.5. The van der Waals surface area contributed by atoms with Gasteiger partial charge in [-0.15, -0.1) is 0 Å². The van der Waals surface area contributed by atoms with Gasteiger partial charge in [-0.2, -0.15) is 0 Å². The van der Waals surface area contributed by atoms with Crippen molar-refractivity contribution in [3.05, 3.63) is 59.9 Å². The lowest BCUT2D eigenvalue weighted by Gasteiger charge is -2.05. The van der Waals surface area contributed by atoms with Crippen molar-refractivity contribution in [3.8, 4) is 5.75 Å². The molecule has 3 N–H and O–H groups in total. The van der Waals surface area contributed by atoms with Crippen LogP contribution in [-0.2, 0) is 4.79 Å². The van der Waals surface area contributed by atoms with Crippen LogP contribution in [0.1, 0.15) is 23.0 Å². The van der Waals surface area contributed by atoms with Gasteiger partial charge in [0.1, 0.15) is 11.4 Å². The van der Waals surface area contributed by atoms with E-state index < -0.39 is 0 Å². The molecule has 0 atom stereocenters. The van der Waals surface area contributed by atoms with Crippen LogP contribution in [0.15, 0.2) is 48.7 Å². The molecule has 0 unspecified atom stereocenters. The Morgan fingerprint density at radius 3 is 2.67 bits per heavy atom. The lowest BCUT2D eigenvalue weighted by Crippen LogP contribution is -2.11. The third kappa shape index (κ3) is 3.49. The Bertz CT molecular complexity index is 940. The second kappa shape index (κ2) is 6.37. The normalized spacial score (nSPS) is 11.0. The number of carbonyl (C=O) groups excluding carboxylic acids is 2. The zero-order chi connectivity index (χ0) is 17.1. The zero-order valence-corrected chi connectivity index (χ0v) is 12.9. The highest BCUT2D eigenvalue weighted by molar-refractivity contribution is 6.05. The van der Waals surface area contributed by atoms with E-state index in [1.54, 1.807) is 18.3 Å². The van der Waals surface area contributed by atoms with Crippen LogP contribution in [0.5, 0.6) is 5.75 Å². The maximum absolute atomic E-state index is 12.2. The van der Waals surface area contributed by atoms with Crippen molar-refractivity contribution in [1.82, 2.24) is 9.97 Å². The van der Waals surface area contributed by atoms with Crippen LogP contribution >= 0.6 is 0 Å². The highest BCUT2D eigenvalue weighted by Gasteiger charge is 2.08. The van der Waals surface area contributed by atoms with Gasteiger partial charge in [0.15, 0.2) is 5.78 Å². The number of rotatable bonds is 4. The van der Waals surface area contributed by atoms with Crippen LogP contribution in [0.2, 0.25) is 0 Å². The number of allylic oxidation sites excluding steroid dienone is 1. The lowest BCUT2D eigenvalue weighted by molar-refractivity contribution is -0.112.